The molecule has 23 heavy (non-hydrogen) atoms. The Balaban J connectivity index is 1.41. The first-order valence-corrected chi connectivity index (χ1v) is 9.17. The van der Waals surface area contributed by atoms with Crippen molar-refractivity contribution in [2.24, 2.45) is 23.2 Å². The summed E-state index contributed by atoms with van der Waals surface area (Å²) in [5, 5.41) is 0. The Labute approximate surface area is 139 Å². The van der Waals surface area contributed by atoms with Gasteiger partial charge in [0, 0.05) is 31.9 Å². The molecule has 0 aromatic carbocycles. The van der Waals surface area contributed by atoms with Gasteiger partial charge in [-0.3, -0.25) is 9.78 Å². The van der Waals surface area contributed by atoms with Gasteiger partial charge in [-0.1, -0.05) is 0 Å². The number of hydrogen-bond acceptors (Lipinski definition) is 2. The average molecular weight is 312 g/mol. The molecule has 1 aromatic rings. The van der Waals surface area contributed by atoms with Crippen LogP contribution in [0, 0.1) is 30.1 Å². The molecule has 4 aliphatic carbocycles. The number of aromatic nitrogens is 1. The third kappa shape index (κ3) is 3.02. The van der Waals surface area contributed by atoms with E-state index in [1.165, 1.54) is 44.1 Å². The van der Waals surface area contributed by atoms with Crippen LogP contribution in [0.4, 0.5) is 0 Å². The number of rotatable bonds is 4. The Bertz CT molecular complexity index is 574. The number of aryl methyl sites for hydroxylation is 1. The molecule has 3 nitrogen and oxygen atoms in total. The van der Waals surface area contributed by atoms with Crippen LogP contribution in [-0.4, -0.2) is 22.8 Å². The molecule has 4 fully saturated rings. The van der Waals surface area contributed by atoms with E-state index in [4.69, 9.17) is 0 Å². The standard InChI is InChI=1S/C20H28N2O/c1-14-5-15(3-4-21-14)13-22(2)19(23)12-20-9-16-6-17(10-20)8-18(7-16)11-20/h3-5,16-18H,6-13H2,1-2H3. The summed E-state index contributed by atoms with van der Waals surface area (Å²) in [6, 6.07) is 4.09. The smallest absolute Gasteiger partial charge is 0.223 e. The zero-order valence-corrected chi connectivity index (χ0v) is 14.4. The second-order valence-corrected chi connectivity index (χ2v) is 8.65. The Kier molecular flexibility index (Phi) is 3.70. The summed E-state index contributed by atoms with van der Waals surface area (Å²) in [5.41, 5.74) is 2.54. The quantitative estimate of drug-likeness (QED) is 0.843. The molecule has 0 atom stereocenters. The van der Waals surface area contributed by atoms with Gasteiger partial charge in [-0.05, 0) is 86.3 Å². The highest BCUT2D eigenvalue weighted by atomic mass is 16.2. The van der Waals surface area contributed by atoms with Crippen LogP contribution >= 0.6 is 0 Å². The van der Waals surface area contributed by atoms with Crippen molar-refractivity contribution in [2.45, 2.75) is 58.4 Å². The van der Waals surface area contributed by atoms with Crippen molar-refractivity contribution in [3.05, 3.63) is 29.6 Å². The molecular formula is C20H28N2O. The van der Waals surface area contributed by atoms with Gasteiger partial charge in [0.1, 0.15) is 0 Å². The molecule has 3 heteroatoms. The SMILES string of the molecule is Cc1cc(CN(C)C(=O)CC23CC4CC(CC(C4)C2)C3)ccn1. The van der Waals surface area contributed by atoms with E-state index >= 15 is 0 Å². The lowest BCUT2D eigenvalue weighted by Gasteiger charge is -2.56. The molecule has 1 aromatic heterocycles. The fraction of sp³-hybridized carbons (Fsp3) is 0.700. The summed E-state index contributed by atoms with van der Waals surface area (Å²) in [7, 11) is 1.96. The molecule has 4 bridgehead atoms. The Morgan fingerprint density at radius 3 is 2.39 bits per heavy atom. The van der Waals surface area contributed by atoms with Gasteiger partial charge in [-0.2, -0.15) is 0 Å². The lowest BCUT2D eigenvalue weighted by Crippen LogP contribution is -2.48. The van der Waals surface area contributed by atoms with E-state index in [0.717, 1.165) is 29.9 Å². The van der Waals surface area contributed by atoms with Crippen LogP contribution in [-0.2, 0) is 11.3 Å². The van der Waals surface area contributed by atoms with Crippen LogP contribution in [0.3, 0.4) is 0 Å². The topological polar surface area (TPSA) is 33.2 Å². The molecule has 4 saturated carbocycles. The molecule has 0 saturated heterocycles. The summed E-state index contributed by atoms with van der Waals surface area (Å²) >= 11 is 0. The van der Waals surface area contributed by atoms with Crippen LogP contribution < -0.4 is 0 Å². The fourth-order valence-electron chi connectivity index (χ4n) is 6.03. The average Bonchev–Trinajstić information content (AvgIpc) is 2.45. The maximum absolute atomic E-state index is 12.8. The van der Waals surface area contributed by atoms with E-state index in [-0.39, 0.29) is 0 Å². The summed E-state index contributed by atoms with van der Waals surface area (Å²) in [6.07, 6.45) is 10.9. The van der Waals surface area contributed by atoms with Gasteiger partial charge in [-0.25, -0.2) is 0 Å². The summed E-state index contributed by atoms with van der Waals surface area (Å²) in [6.45, 7) is 2.70. The molecule has 1 heterocycles. The Morgan fingerprint density at radius 2 is 1.83 bits per heavy atom. The number of carbonyl (C=O) groups is 1. The number of amides is 1. The first-order valence-electron chi connectivity index (χ1n) is 9.17. The highest BCUT2D eigenvalue weighted by Gasteiger charge is 2.51. The van der Waals surface area contributed by atoms with E-state index in [1.54, 1.807) is 0 Å². The fourth-order valence-corrected chi connectivity index (χ4v) is 6.03. The molecule has 0 unspecified atom stereocenters. The molecule has 0 spiro atoms. The van der Waals surface area contributed by atoms with Crippen LogP contribution in [0.15, 0.2) is 18.3 Å². The van der Waals surface area contributed by atoms with Crippen LogP contribution in [0.2, 0.25) is 0 Å². The monoisotopic (exact) mass is 312 g/mol. The van der Waals surface area contributed by atoms with E-state index in [1.807, 2.05) is 31.1 Å². The van der Waals surface area contributed by atoms with E-state index in [9.17, 15) is 4.79 Å². The minimum absolute atomic E-state index is 0.335. The maximum Gasteiger partial charge on any atom is 0.223 e. The molecule has 5 rings (SSSR count). The zero-order chi connectivity index (χ0) is 16.0. The number of pyridine rings is 1. The van der Waals surface area contributed by atoms with E-state index < -0.39 is 0 Å². The Morgan fingerprint density at radius 1 is 1.22 bits per heavy atom. The van der Waals surface area contributed by atoms with Crippen molar-refractivity contribution in [3.8, 4) is 0 Å². The van der Waals surface area contributed by atoms with Gasteiger partial charge < -0.3 is 4.90 Å². The van der Waals surface area contributed by atoms with Gasteiger partial charge >= 0.3 is 0 Å². The Hall–Kier alpha value is -1.38. The second kappa shape index (κ2) is 5.61. The minimum atomic E-state index is 0.335. The predicted molar refractivity (Wildman–Crippen MR) is 90.7 cm³/mol. The predicted octanol–water partition coefficient (Wildman–Crippen LogP) is 3.95. The second-order valence-electron chi connectivity index (χ2n) is 8.65. The summed E-state index contributed by atoms with van der Waals surface area (Å²) in [4.78, 5) is 19.0. The van der Waals surface area contributed by atoms with Crippen LogP contribution in [0.5, 0.6) is 0 Å². The van der Waals surface area contributed by atoms with Gasteiger partial charge in [0.2, 0.25) is 5.91 Å². The molecule has 1 amide bonds. The largest absolute Gasteiger partial charge is 0.341 e. The van der Waals surface area contributed by atoms with Crippen molar-refractivity contribution < 1.29 is 4.79 Å². The summed E-state index contributed by atoms with van der Waals surface area (Å²) < 4.78 is 0. The van der Waals surface area contributed by atoms with Crippen molar-refractivity contribution in [2.75, 3.05) is 7.05 Å². The molecule has 0 radical (unpaired) electrons. The van der Waals surface area contributed by atoms with E-state index in [0.29, 0.717) is 17.9 Å². The lowest BCUT2D eigenvalue weighted by molar-refractivity contribution is -0.138. The minimum Gasteiger partial charge on any atom is -0.341 e. The van der Waals surface area contributed by atoms with Crippen molar-refractivity contribution in [3.63, 3.8) is 0 Å². The molecule has 0 N–H and O–H groups in total. The van der Waals surface area contributed by atoms with Gasteiger partial charge in [0.15, 0.2) is 0 Å². The highest BCUT2D eigenvalue weighted by Crippen LogP contribution is 2.61. The van der Waals surface area contributed by atoms with Gasteiger partial charge in [-0.15, -0.1) is 0 Å². The molecular weight excluding hydrogens is 284 g/mol. The third-order valence-electron chi connectivity index (χ3n) is 6.50. The summed E-state index contributed by atoms with van der Waals surface area (Å²) in [5.74, 6) is 3.09. The first kappa shape index (κ1) is 15.2. The van der Waals surface area contributed by atoms with Crippen LogP contribution in [0.25, 0.3) is 0 Å². The molecule has 124 valence electrons. The first-order chi connectivity index (χ1) is 11.0. The van der Waals surface area contributed by atoms with Gasteiger partial charge in [0.25, 0.3) is 0 Å². The number of nitrogens with zero attached hydrogens (tertiary/aromatic N) is 2. The normalized spacial score (nSPS) is 34.6. The van der Waals surface area contributed by atoms with E-state index in [2.05, 4.69) is 11.1 Å². The van der Waals surface area contributed by atoms with Crippen LogP contribution in [0.1, 0.15) is 56.2 Å². The maximum atomic E-state index is 12.8. The number of hydrogen-bond donors (Lipinski definition) is 0. The van der Waals surface area contributed by atoms with Crippen molar-refractivity contribution in [1.82, 2.24) is 9.88 Å². The third-order valence-corrected chi connectivity index (χ3v) is 6.50. The van der Waals surface area contributed by atoms with Gasteiger partial charge in [0.05, 0.1) is 0 Å². The zero-order valence-electron chi connectivity index (χ0n) is 14.4. The van der Waals surface area contributed by atoms with Crippen molar-refractivity contribution >= 4 is 5.91 Å². The number of carbonyl (C=O) groups excluding carboxylic acids is 1. The lowest BCUT2D eigenvalue weighted by atomic mass is 9.49. The molecule has 4 aliphatic rings. The van der Waals surface area contributed by atoms with Crippen molar-refractivity contribution in [1.29, 1.82) is 0 Å². The molecule has 0 aliphatic heterocycles. The highest BCUT2D eigenvalue weighted by molar-refractivity contribution is 5.76.